The maximum Gasteiger partial charge on any atom is 0.271 e. The molecule has 2 aromatic rings. The molecule has 0 atom stereocenters. The van der Waals surface area contributed by atoms with Gasteiger partial charge in [-0.2, -0.15) is 9.78 Å². The van der Waals surface area contributed by atoms with E-state index in [1.54, 1.807) is 24.7 Å². The lowest BCUT2D eigenvalue weighted by Crippen LogP contribution is -2.19. The Kier molecular flexibility index (Phi) is 3.63. The molecule has 0 fully saturated rings. The van der Waals surface area contributed by atoms with E-state index < -0.39 is 8.07 Å². The minimum Gasteiger partial charge on any atom is -0.267 e. The quantitative estimate of drug-likeness (QED) is 0.586. The lowest BCUT2D eigenvalue weighted by Gasteiger charge is -2.04. The average molecular weight is 269 g/mol. The van der Waals surface area contributed by atoms with E-state index in [0.29, 0.717) is 5.69 Å². The van der Waals surface area contributed by atoms with Crippen molar-refractivity contribution in [1.82, 2.24) is 14.8 Å². The Morgan fingerprint density at radius 3 is 2.74 bits per heavy atom. The molecular formula is C14H15N3OSi. The van der Waals surface area contributed by atoms with Gasteiger partial charge in [-0.05, 0) is 12.1 Å². The third-order valence-electron chi connectivity index (χ3n) is 2.27. The van der Waals surface area contributed by atoms with Crippen LogP contribution in [0, 0.1) is 11.5 Å². The van der Waals surface area contributed by atoms with Crippen LogP contribution in [0.4, 0.5) is 0 Å². The summed E-state index contributed by atoms with van der Waals surface area (Å²) in [6, 6.07) is 4.91. The molecule has 4 nitrogen and oxygen atoms in total. The smallest absolute Gasteiger partial charge is 0.267 e. The summed E-state index contributed by atoms with van der Waals surface area (Å²) in [5.41, 5.74) is 4.53. The molecule has 0 radical (unpaired) electrons. The molecule has 0 N–H and O–H groups in total. The van der Waals surface area contributed by atoms with Gasteiger partial charge in [0.1, 0.15) is 8.07 Å². The highest BCUT2D eigenvalue weighted by Crippen LogP contribution is 2.05. The van der Waals surface area contributed by atoms with Gasteiger partial charge in [-0.3, -0.25) is 9.78 Å². The van der Waals surface area contributed by atoms with Gasteiger partial charge >= 0.3 is 0 Å². The van der Waals surface area contributed by atoms with Gasteiger partial charge in [-0.1, -0.05) is 25.6 Å². The fraction of sp³-hybridized carbons (Fsp3) is 0.214. The lowest BCUT2D eigenvalue weighted by atomic mass is 10.3. The summed E-state index contributed by atoms with van der Waals surface area (Å²) in [6.07, 6.45) is 4.88. The number of hydrogen-bond acceptors (Lipinski definition) is 3. The Morgan fingerprint density at radius 2 is 2.05 bits per heavy atom. The van der Waals surface area contributed by atoms with Crippen molar-refractivity contribution in [2.45, 2.75) is 19.6 Å². The van der Waals surface area contributed by atoms with E-state index in [0.717, 1.165) is 5.56 Å². The molecule has 0 saturated heterocycles. The highest BCUT2D eigenvalue weighted by Gasteiger charge is 2.07. The number of nitrogens with zero attached hydrogens (tertiary/aromatic N) is 3. The Balaban J connectivity index is 2.43. The second kappa shape index (κ2) is 5.20. The van der Waals surface area contributed by atoms with Crippen molar-refractivity contribution in [1.29, 1.82) is 0 Å². The first-order valence-corrected chi connectivity index (χ1v) is 9.49. The van der Waals surface area contributed by atoms with Gasteiger partial charge in [0, 0.05) is 24.0 Å². The minimum atomic E-state index is -1.42. The lowest BCUT2D eigenvalue weighted by molar-refractivity contribution is 0.802. The van der Waals surface area contributed by atoms with Crippen LogP contribution in [-0.2, 0) is 0 Å². The number of hydrogen-bond donors (Lipinski definition) is 0. The second-order valence-electron chi connectivity index (χ2n) is 5.21. The van der Waals surface area contributed by atoms with Crippen molar-refractivity contribution >= 4 is 8.07 Å². The summed E-state index contributed by atoms with van der Waals surface area (Å²) < 4.78 is 1.31. The van der Waals surface area contributed by atoms with Gasteiger partial charge in [-0.15, -0.1) is 5.54 Å². The third-order valence-corrected chi connectivity index (χ3v) is 3.14. The molecular weight excluding hydrogens is 254 g/mol. The molecule has 0 aliphatic heterocycles. The van der Waals surface area contributed by atoms with Crippen LogP contribution in [0.25, 0.3) is 5.69 Å². The van der Waals surface area contributed by atoms with Gasteiger partial charge in [0.15, 0.2) is 0 Å². The molecule has 2 aromatic heterocycles. The Morgan fingerprint density at radius 1 is 1.26 bits per heavy atom. The number of aromatic nitrogens is 3. The zero-order chi connectivity index (χ0) is 13.9. The Labute approximate surface area is 113 Å². The molecule has 19 heavy (non-hydrogen) atoms. The fourth-order valence-corrected chi connectivity index (χ4v) is 1.94. The van der Waals surface area contributed by atoms with Crippen LogP contribution >= 0.6 is 0 Å². The van der Waals surface area contributed by atoms with E-state index in [4.69, 9.17) is 0 Å². The molecule has 0 aromatic carbocycles. The molecule has 0 spiro atoms. The van der Waals surface area contributed by atoms with E-state index in [2.05, 4.69) is 41.2 Å². The fourth-order valence-electron chi connectivity index (χ4n) is 1.42. The number of rotatable bonds is 1. The molecule has 0 amide bonds. The van der Waals surface area contributed by atoms with Crippen LogP contribution in [0.15, 0.2) is 41.6 Å². The van der Waals surface area contributed by atoms with E-state index in [1.807, 2.05) is 6.07 Å². The van der Waals surface area contributed by atoms with Gasteiger partial charge in [0.25, 0.3) is 5.56 Å². The first-order chi connectivity index (χ1) is 8.96. The van der Waals surface area contributed by atoms with Crippen molar-refractivity contribution in [3.63, 3.8) is 0 Å². The molecule has 0 bridgehead atoms. The molecule has 2 rings (SSSR count). The molecule has 0 aliphatic carbocycles. The normalized spacial score (nSPS) is 10.7. The van der Waals surface area contributed by atoms with Crippen LogP contribution in [0.3, 0.4) is 0 Å². The van der Waals surface area contributed by atoms with E-state index in [9.17, 15) is 4.79 Å². The predicted molar refractivity (Wildman–Crippen MR) is 77.9 cm³/mol. The molecule has 0 aliphatic rings. The SMILES string of the molecule is C[Si](C)(C)C#Cc1cncc(-n2ncccc2=O)c1. The molecule has 0 unspecified atom stereocenters. The van der Waals surface area contributed by atoms with Gasteiger partial charge in [0.05, 0.1) is 11.9 Å². The highest BCUT2D eigenvalue weighted by molar-refractivity contribution is 6.83. The minimum absolute atomic E-state index is 0.181. The first-order valence-electron chi connectivity index (χ1n) is 5.99. The molecule has 0 saturated carbocycles. The van der Waals surface area contributed by atoms with E-state index in [-0.39, 0.29) is 5.56 Å². The second-order valence-corrected chi connectivity index (χ2v) is 9.96. The number of pyridine rings is 1. The van der Waals surface area contributed by atoms with Crippen molar-refractivity contribution < 1.29 is 0 Å². The third kappa shape index (κ3) is 3.63. The topological polar surface area (TPSA) is 47.8 Å². The average Bonchev–Trinajstić information content (AvgIpc) is 2.36. The monoisotopic (exact) mass is 269 g/mol. The van der Waals surface area contributed by atoms with Crippen molar-refractivity contribution in [3.05, 3.63) is 52.7 Å². The maximum absolute atomic E-state index is 11.7. The van der Waals surface area contributed by atoms with Crippen molar-refractivity contribution in [2.24, 2.45) is 0 Å². The molecule has 5 heteroatoms. The van der Waals surface area contributed by atoms with Gasteiger partial charge in [0.2, 0.25) is 0 Å². The van der Waals surface area contributed by atoms with Gasteiger partial charge in [-0.25, -0.2) is 0 Å². The highest BCUT2D eigenvalue weighted by atomic mass is 28.3. The molecule has 96 valence electrons. The van der Waals surface area contributed by atoms with Crippen LogP contribution in [0.1, 0.15) is 5.56 Å². The summed E-state index contributed by atoms with van der Waals surface area (Å²) in [4.78, 5) is 15.8. The van der Waals surface area contributed by atoms with E-state index in [1.165, 1.54) is 10.7 Å². The van der Waals surface area contributed by atoms with Crippen LogP contribution in [-0.4, -0.2) is 22.8 Å². The Bertz CT molecular complexity index is 705. The zero-order valence-electron chi connectivity index (χ0n) is 11.2. The van der Waals surface area contributed by atoms with E-state index >= 15 is 0 Å². The van der Waals surface area contributed by atoms with Gasteiger partial charge < -0.3 is 0 Å². The largest absolute Gasteiger partial charge is 0.271 e. The Hall–Kier alpha value is -2.19. The van der Waals surface area contributed by atoms with Crippen LogP contribution in [0.2, 0.25) is 19.6 Å². The molecule has 2 heterocycles. The van der Waals surface area contributed by atoms with Crippen LogP contribution in [0.5, 0.6) is 0 Å². The van der Waals surface area contributed by atoms with Crippen molar-refractivity contribution in [3.8, 4) is 17.2 Å². The summed E-state index contributed by atoms with van der Waals surface area (Å²) >= 11 is 0. The first kappa shape index (κ1) is 13.2. The van der Waals surface area contributed by atoms with Crippen LogP contribution < -0.4 is 5.56 Å². The summed E-state index contributed by atoms with van der Waals surface area (Å²) in [5, 5.41) is 4.02. The summed E-state index contributed by atoms with van der Waals surface area (Å²) in [6.45, 7) is 6.54. The standard InChI is InChI=1S/C14H15N3OSi/c1-19(2,3)8-6-12-9-13(11-15-10-12)17-14(18)5-4-7-16-17/h4-5,7,9-11H,1-3H3. The predicted octanol–water partition coefficient (Wildman–Crippen LogP) is 1.86. The van der Waals surface area contributed by atoms with Crippen molar-refractivity contribution in [2.75, 3.05) is 0 Å². The summed E-state index contributed by atoms with van der Waals surface area (Å²) in [7, 11) is -1.42. The zero-order valence-corrected chi connectivity index (χ0v) is 12.2. The maximum atomic E-state index is 11.7. The summed E-state index contributed by atoms with van der Waals surface area (Å²) in [5.74, 6) is 3.12.